The Bertz CT molecular complexity index is 471. The fraction of sp³-hybridized carbons (Fsp3) is 0.583. The van der Waals surface area contributed by atoms with E-state index in [1.165, 1.54) is 11.8 Å². The normalized spacial score (nSPS) is 15.9. The number of carbonyl (C=O) groups excluding carboxylic acids is 2. The summed E-state index contributed by atoms with van der Waals surface area (Å²) >= 11 is 1.31. The summed E-state index contributed by atoms with van der Waals surface area (Å²) in [5.74, 6) is 1.14. The zero-order valence-corrected chi connectivity index (χ0v) is 11.8. The maximum absolute atomic E-state index is 11.8. The highest BCUT2D eigenvalue weighted by molar-refractivity contribution is 8.01. The zero-order valence-electron chi connectivity index (χ0n) is 10.9. The molecule has 1 heterocycles. The van der Waals surface area contributed by atoms with Crippen LogP contribution in [0.1, 0.15) is 25.5 Å². The van der Waals surface area contributed by atoms with Crippen molar-refractivity contribution >= 4 is 29.4 Å². The van der Waals surface area contributed by atoms with Crippen molar-refractivity contribution in [3.63, 3.8) is 0 Å². The average molecular weight is 283 g/mol. The molecule has 1 unspecified atom stereocenters. The van der Waals surface area contributed by atoms with Crippen molar-refractivity contribution in [3.05, 3.63) is 11.8 Å². The number of rotatable bonds is 6. The number of aryl methyl sites for hydroxylation is 1. The quantitative estimate of drug-likeness (QED) is 0.822. The van der Waals surface area contributed by atoms with E-state index in [-0.39, 0.29) is 17.1 Å². The van der Waals surface area contributed by atoms with Gasteiger partial charge in [0.1, 0.15) is 5.76 Å². The van der Waals surface area contributed by atoms with Crippen LogP contribution in [0.4, 0.5) is 5.82 Å². The van der Waals surface area contributed by atoms with Crippen LogP contribution in [0.25, 0.3) is 0 Å². The summed E-state index contributed by atoms with van der Waals surface area (Å²) in [5.41, 5.74) is 0. The van der Waals surface area contributed by atoms with Gasteiger partial charge < -0.3 is 15.2 Å². The Labute approximate surface area is 115 Å². The van der Waals surface area contributed by atoms with Gasteiger partial charge in [-0.05, 0) is 26.7 Å². The van der Waals surface area contributed by atoms with Gasteiger partial charge in [-0.3, -0.25) is 9.59 Å². The number of hydrogen-bond donors (Lipinski definition) is 2. The molecule has 1 aliphatic rings. The van der Waals surface area contributed by atoms with Crippen molar-refractivity contribution in [3.8, 4) is 0 Å². The van der Waals surface area contributed by atoms with Gasteiger partial charge in [-0.2, -0.15) is 0 Å². The van der Waals surface area contributed by atoms with Crippen LogP contribution in [-0.4, -0.2) is 34.0 Å². The molecule has 1 aromatic rings. The van der Waals surface area contributed by atoms with Crippen LogP contribution in [0.15, 0.2) is 10.6 Å². The molecule has 1 saturated carbocycles. The number of amides is 2. The van der Waals surface area contributed by atoms with Crippen LogP contribution in [0.3, 0.4) is 0 Å². The summed E-state index contributed by atoms with van der Waals surface area (Å²) in [6.45, 7) is 3.51. The van der Waals surface area contributed by atoms with E-state index in [0.29, 0.717) is 23.4 Å². The van der Waals surface area contributed by atoms with Gasteiger partial charge in [0.2, 0.25) is 11.8 Å². The molecule has 0 radical (unpaired) electrons. The average Bonchev–Trinajstić information content (AvgIpc) is 3.08. The maximum Gasteiger partial charge on any atom is 0.238 e. The largest absolute Gasteiger partial charge is 0.360 e. The second-order valence-electron chi connectivity index (χ2n) is 4.61. The summed E-state index contributed by atoms with van der Waals surface area (Å²) in [7, 11) is 0. The van der Waals surface area contributed by atoms with E-state index in [2.05, 4.69) is 15.8 Å². The second-order valence-corrected chi connectivity index (χ2v) is 5.94. The van der Waals surface area contributed by atoms with Crippen molar-refractivity contribution in [2.24, 2.45) is 0 Å². The Morgan fingerprint density at radius 2 is 2.32 bits per heavy atom. The zero-order chi connectivity index (χ0) is 13.8. The smallest absolute Gasteiger partial charge is 0.238 e. The fourth-order valence-electron chi connectivity index (χ4n) is 1.43. The number of anilines is 1. The number of thioether (sulfide) groups is 1. The highest BCUT2D eigenvalue weighted by Crippen LogP contribution is 2.19. The standard InChI is InChI=1S/C12H17N3O3S/c1-7-5-10(15-18-7)14-12(17)8(2)19-6-11(16)13-9-3-4-9/h5,8-9H,3-4,6H2,1-2H3,(H,13,16)(H,14,15,17). The molecular weight excluding hydrogens is 266 g/mol. The summed E-state index contributed by atoms with van der Waals surface area (Å²) in [6.07, 6.45) is 2.13. The summed E-state index contributed by atoms with van der Waals surface area (Å²) in [6, 6.07) is 2.00. The molecule has 1 fully saturated rings. The summed E-state index contributed by atoms with van der Waals surface area (Å²) in [5, 5.41) is 8.89. The van der Waals surface area contributed by atoms with Crippen molar-refractivity contribution in [1.29, 1.82) is 0 Å². The minimum atomic E-state index is -0.318. The van der Waals surface area contributed by atoms with Crippen LogP contribution >= 0.6 is 11.8 Å². The third kappa shape index (κ3) is 4.59. The molecule has 1 aromatic heterocycles. The van der Waals surface area contributed by atoms with E-state index in [4.69, 9.17) is 4.52 Å². The van der Waals surface area contributed by atoms with Crippen LogP contribution in [0.5, 0.6) is 0 Å². The second kappa shape index (κ2) is 6.10. The first-order valence-electron chi connectivity index (χ1n) is 6.20. The lowest BCUT2D eigenvalue weighted by molar-refractivity contribution is -0.118. The first kappa shape index (κ1) is 13.9. The Morgan fingerprint density at radius 3 is 2.89 bits per heavy atom. The van der Waals surface area contributed by atoms with Crippen molar-refractivity contribution in [2.75, 3.05) is 11.1 Å². The molecule has 0 spiro atoms. The molecule has 0 aliphatic heterocycles. The van der Waals surface area contributed by atoms with Crippen LogP contribution in [0, 0.1) is 6.92 Å². The molecule has 104 valence electrons. The third-order valence-corrected chi connectivity index (χ3v) is 3.80. The fourth-order valence-corrected chi connectivity index (χ4v) is 2.12. The van der Waals surface area contributed by atoms with Gasteiger partial charge in [0.15, 0.2) is 5.82 Å². The maximum atomic E-state index is 11.8. The highest BCUT2D eigenvalue weighted by atomic mass is 32.2. The SMILES string of the molecule is Cc1cc(NC(=O)C(C)SCC(=O)NC2CC2)no1. The summed E-state index contributed by atoms with van der Waals surface area (Å²) < 4.78 is 4.86. The Morgan fingerprint density at radius 1 is 1.58 bits per heavy atom. The van der Waals surface area contributed by atoms with Crippen LogP contribution in [-0.2, 0) is 9.59 Å². The van der Waals surface area contributed by atoms with E-state index in [9.17, 15) is 9.59 Å². The minimum Gasteiger partial charge on any atom is -0.360 e. The monoisotopic (exact) mass is 283 g/mol. The number of aromatic nitrogens is 1. The van der Waals surface area contributed by atoms with Crippen LogP contribution < -0.4 is 10.6 Å². The predicted octanol–water partition coefficient (Wildman–Crippen LogP) is 1.32. The number of nitrogens with one attached hydrogen (secondary N) is 2. The molecule has 2 amide bonds. The molecular formula is C12H17N3O3S. The molecule has 1 atom stereocenters. The molecule has 2 rings (SSSR count). The summed E-state index contributed by atoms with van der Waals surface area (Å²) in [4.78, 5) is 23.3. The molecule has 19 heavy (non-hydrogen) atoms. The molecule has 0 aromatic carbocycles. The molecule has 0 saturated heterocycles. The van der Waals surface area contributed by atoms with E-state index >= 15 is 0 Å². The van der Waals surface area contributed by atoms with E-state index in [1.54, 1.807) is 19.9 Å². The number of nitrogens with zero attached hydrogens (tertiary/aromatic N) is 1. The van der Waals surface area contributed by atoms with Gasteiger partial charge in [0.25, 0.3) is 0 Å². The minimum absolute atomic E-state index is 0.00979. The number of carbonyl (C=O) groups is 2. The molecule has 2 N–H and O–H groups in total. The van der Waals surface area contributed by atoms with Gasteiger partial charge >= 0.3 is 0 Å². The lowest BCUT2D eigenvalue weighted by atomic mass is 10.4. The van der Waals surface area contributed by atoms with Crippen molar-refractivity contribution in [1.82, 2.24) is 10.5 Å². The molecule has 1 aliphatic carbocycles. The first-order chi connectivity index (χ1) is 9.04. The lowest BCUT2D eigenvalue weighted by Crippen LogP contribution is -2.29. The van der Waals surface area contributed by atoms with Gasteiger partial charge in [0.05, 0.1) is 11.0 Å². The Hall–Kier alpha value is -1.50. The predicted molar refractivity (Wildman–Crippen MR) is 73.0 cm³/mol. The highest BCUT2D eigenvalue weighted by Gasteiger charge is 2.24. The van der Waals surface area contributed by atoms with Crippen LogP contribution in [0.2, 0.25) is 0 Å². The van der Waals surface area contributed by atoms with E-state index in [0.717, 1.165) is 12.8 Å². The van der Waals surface area contributed by atoms with Gasteiger partial charge in [-0.15, -0.1) is 11.8 Å². The van der Waals surface area contributed by atoms with E-state index < -0.39 is 0 Å². The van der Waals surface area contributed by atoms with Gasteiger partial charge in [0, 0.05) is 12.1 Å². The van der Waals surface area contributed by atoms with Gasteiger partial charge in [-0.1, -0.05) is 5.16 Å². The van der Waals surface area contributed by atoms with Gasteiger partial charge in [-0.25, -0.2) is 0 Å². The molecule has 6 nitrogen and oxygen atoms in total. The first-order valence-corrected chi connectivity index (χ1v) is 7.24. The number of hydrogen-bond acceptors (Lipinski definition) is 5. The third-order valence-electron chi connectivity index (χ3n) is 2.66. The lowest BCUT2D eigenvalue weighted by Gasteiger charge is -2.10. The van der Waals surface area contributed by atoms with E-state index in [1.807, 2.05) is 0 Å². The molecule has 0 bridgehead atoms. The Kier molecular flexibility index (Phi) is 4.47. The van der Waals surface area contributed by atoms with Crippen molar-refractivity contribution < 1.29 is 14.1 Å². The van der Waals surface area contributed by atoms with Crippen molar-refractivity contribution in [2.45, 2.75) is 38.0 Å². The topological polar surface area (TPSA) is 84.2 Å². The molecule has 7 heteroatoms. The Balaban J connectivity index is 1.70.